The van der Waals surface area contributed by atoms with Crippen LogP contribution < -0.4 is 10.2 Å². The van der Waals surface area contributed by atoms with Gasteiger partial charge < -0.3 is 19.5 Å². The third-order valence-electron chi connectivity index (χ3n) is 5.23. The van der Waals surface area contributed by atoms with Gasteiger partial charge in [-0.25, -0.2) is 9.78 Å². The molecule has 2 amide bonds. The average molecular weight is 356 g/mol. The smallest absolute Gasteiger partial charge is 0.322 e. The van der Waals surface area contributed by atoms with Crippen molar-refractivity contribution in [2.24, 2.45) is 0 Å². The molecular weight excluding hydrogens is 328 g/mol. The number of nitrogens with one attached hydrogen (secondary N) is 1. The standard InChI is InChI=1S/C20H28N4O2/c1-14-12-17(13-21-19(14)24-10-6-5-8-15(24)2)22-20(25)23(4)16(3)18-9-7-11-26-18/h7,9,11-13,15-16H,5-6,8,10H2,1-4H3,(H,22,25). The Hall–Kier alpha value is -2.50. The van der Waals surface area contributed by atoms with E-state index in [1.807, 2.05) is 25.1 Å². The molecule has 0 aromatic carbocycles. The molecule has 2 aromatic rings. The van der Waals surface area contributed by atoms with Gasteiger partial charge >= 0.3 is 6.03 Å². The molecule has 6 nitrogen and oxygen atoms in total. The number of aromatic nitrogens is 1. The zero-order valence-electron chi connectivity index (χ0n) is 16.0. The fraction of sp³-hybridized carbons (Fsp3) is 0.500. The minimum Gasteiger partial charge on any atom is -0.467 e. The van der Waals surface area contributed by atoms with Crippen LogP contribution in [-0.2, 0) is 0 Å². The summed E-state index contributed by atoms with van der Waals surface area (Å²) in [6, 6.07) is 5.87. The van der Waals surface area contributed by atoms with Crippen molar-refractivity contribution in [3.8, 4) is 0 Å². The van der Waals surface area contributed by atoms with Crippen LogP contribution in [0, 0.1) is 6.92 Å². The van der Waals surface area contributed by atoms with Crippen LogP contribution in [0.15, 0.2) is 35.1 Å². The van der Waals surface area contributed by atoms with Gasteiger partial charge in [0.05, 0.1) is 24.2 Å². The van der Waals surface area contributed by atoms with E-state index in [9.17, 15) is 4.79 Å². The lowest BCUT2D eigenvalue weighted by atomic mass is 10.0. The number of urea groups is 1. The van der Waals surface area contributed by atoms with Crippen LogP contribution in [-0.4, -0.2) is 35.5 Å². The highest BCUT2D eigenvalue weighted by Gasteiger charge is 2.22. The van der Waals surface area contributed by atoms with E-state index in [2.05, 4.69) is 29.0 Å². The fourth-order valence-corrected chi connectivity index (χ4v) is 3.46. The lowest BCUT2D eigenvalue weighted by molar-refractivity contribution is 0.201. The first-order valence-corrected chi connectivity index (χ1v) is 9.28. The van der Waals surface area contributed by atoms with Crippen LogP contribution in [0.1, 0.15) is 50.5 Å². The molecule has 3 rings (SSSR count). The molecule has 1 aliphatic heterocycles. The molecule has 2 atom stereocenters. The van der Waals surface area contributed by atoms with Crippen molar-refractivity contribution in [2.75, 3.05) is 23.8 Å². The van der Waals surface area contributed by atoms with Crippen LogP contribution in [0.3, 0.4) is 0 Å². The number of hydrogen-bond acceptors (Lipinski definition) is 4. The van der Waals surface area contributed by atoms with Crippen LogP contribution in [0.2, 0.25) is 0 Å². The molecular formula is C20H28N4O2. The summed E-state index contributed by atoms with van der Waals surface area (Å²) in [6.45, 7) is 7.28. The fourth-order valence-electron chi connectivity index (χ4n) is 3.46. The summed E-state index contributed by atoms with van der Waals surface area (Å²) in [5.41, 5.74) is 1.79. The molecule has 1 saturated heterocycles. The summed E-state index contributed by atoms with van der Waals surface area (Å²) in [4.78, 5) is 21.2. The number of carbonyl (C=O) groups excluding carboxylic acids is 1. The van der Waals surface area contributed by atoms with E-state index >= 15 is 0 Å². The predicted octanol–water partition coefficient (Wildman–Crippen LogP) is 4.59. The van der Waals surface area contributed by atoms with E-state index in [1.165, 1.54) is 19.3 Å². The topological polar surface area (TPSA) is 61.6 Å². The largest absolute Gasteiger partial charge is 0.467 e. The first-order valence-electron chi connectivity index (χ1n) is 9.28. The van der Waals surface area contributed by atoms with E-state index in [0.717, 1.165) is 23.7 Å². The highest BCUT2D eigenvalue weighted by atomic mass is 16.3. The number of rotatable bonds is 4. The molecule has 0 aliphatic carbocycles. The summed E-state index contributed by atoms with van der Waals surface area (Å²) < 4.78 is 5.39. The van der Waals surface area contributed by atoms with Crippen molar-refractivity contribution < 1.29 is 9.21 Å². The van der Waals surface area contributed by atoms with Crippen LogP contribution >= 0.6 is 0 Å². The van der Waals surface area contributed by atoms with Crippen LogP contribution in [0.25, 0.3) is 0 Å². The second-order valence-electron chi connectivity index (χ2n) is 7.14. The second kappa shape index (κ2) is 7.81. The van der Waals surface area contributed by atoms with E-state index in [1.54, 1.807) is 24.4 Å². The summed E-state index contributed by atoms with van der Waals surface area (Å²) in [5.74, 6) is 1.78. The maximum absolute atomic E-state index is 12.5. The maximum atomic E-state index is 12.5. The molecule has 26 heavy (non-hydrogen) atoms. The third-order valence-corrected chi connectivity index (χ3v) is 5.23. The zero-order chi connectivity index (χ0) is 18.7. The second-order valence-corrected chi connectivity index (χ2v) is 7.14. The molecule has 0 bridgehead atoms. The number of amides is 2. The number of aryl methyl sites for hydroxylation is 1. The van der Waals surface area contributed by atoms with E-state index < -0.39 is 0 Å². The van der Waals surface area contributed by atoms with Gasteiger partial charge in [-0.3, -0.25) is 0 Å². The third kappa shape index (κ3) is 3.84. The number of anilines is 2. The quantitative estimate of drug-likeness (QED) is 0.870. The number of pyridine rings is 1. The first-order chi connectivity index (χ1) is 12.5. The Kier molecular flexibility index (Phi) is 5.49. The monoisotopic (exact) mass is 356 g/mol. The van der Waals surface area contributed by atoms with Crippen molar-refractivity contribution in [1.29, 1.82) is 0 Å². The van der Waals surface area contributed by atoms with Gasteiger partial charge in [-0.05, 0) is 63.8 Å². The predicted molar refractivity (Wildman–Crippen MR) is 104 cm³/mol. The van der Waals surface area contributed by atoms with Crippen LogP contribution in [0.4, 0.5) is 16.3 Å². The van der Waals surface area contributed by atoms with E-state index in [0.29, 0.717) is 11.7 Å². The van der Waals surface area contributed by atoms with Gasteiger partial charge in [0, 0.05) is 19.6 Å². The average Bonchev–Trinajstić information content (AvgIpc) is 3.16. The number of nitrogens with zero attached hydrogens (tertiary/aromatic N) is 3. The zero-order valence-corrected chi connectivity index (χ0v) is 16.0. The molecule has 140 valence electrons. The molecule has 1 aliphatic rings. The number of piperidine rings is 1. The molecule has 6 heteroatoms. The lowest BCUT2D eigenvalue weighted by Gasteiger charge is -2.35. The Balaban J connectivity index is 1.68. The summed E-state index contributed by atoms with van der Waals surface area (Å²) in [6.07, 6.45) is 7.05. The molecule has 0 radical (unpaired) electrons. The number of carbonyl (C=O) groups is 1. The van der Waals surface area contributed by atoms with Gasteiger partial charge in [0.2, 0.25) is 0 Å². The van der Waals surface area contributed by atoms with Crippen molar-refractivity contribution in [1.82, 2.24) is 9.88 Å². The highest BCUT2D eigenvalue weighted by molar-refractivity contribution is 5.89. The Labute approximate surface area is 155 Å². The highest BCUT2D eigenvalue weighted by Crippen LogP contribution is 2.27. The Bertz CT molecular complexity index is 744. The normalized spacial score (nSPS) is 18.5. The van der Waals surface area contributed by atoms with Gasteiger partial charge in [0.1, 0.15) is 11.6 Å². The molecule has 2 unspecified atom stereocenters. The van der Waals surface area contributed by atoms with Gasteiger partial charge in [-0.2, -0.15) is 0 Å². The first kappa shape index (κ1) is 18.3. The maximum Gasteiger partial charge on any atom is 0.322 e. The van der Waals surface area contributed by atoms with E-state index in [4.69, 9.17) is 4.42 Å². The van der Waals surface area contributed by atoms with Crippen LogP contribution in [0.5, 0.6) is 0 Å². The molecule has 1 N–H and O–H groups in total. The van der Waals surface area contributed by atoms with Crippen molar-refractivity contribution in [2.45, 2.75) is 52.1 Å². The minimum absolute atomic E-state index is 0.146. The summed E-state index contributed by atoms with van der Waals surface area (Å²) in [7, 11) is 1.76. The Morgan fingerprint density at radius 2 is 2.27 bits per heavy atom. The Morgan fingerprint density at radius 1 is 1.46 bits per heavy atom. The molecule has 2 aromatic heterocycles. The lowest BCUT2D eigenvalue weighted by Crippen LogP contribution is -2.38. The van der Waals surface area contributed by atoms with E-state index in [-0.39, 0.29) is 12.1 Å². The van der Waals surface area contributed by atoms with Gasteiger partial charge in [0.15, 0.2) is 0 Å². The van der Waals surface area contributed by atoms with Gasteiger partial charge in [-0.15, -0.1) is 0 Å². The van der Waals surface area contributed by atoms with Crippen molar-refractivity contribution >= 4 is 17.5 Å². The molecule has 0 saturated carbocycles. The van der Waals surface area contributed by atoms with Crippen molar-refractivity contribution in [3.63, 3.8) is 0 Å². The SMILES string of the molecule is Cc1cc(NC(=O)N(C)C(C)c2ccco2)cnc1N1CCCCC1C. The molecule has 3 heterocycles. The summed E-state index contributed by atoms with van der Waals surface area (Å²) in [5, 5.41) is 2.93. The van der Waals surface area contributed by atoms with Crippen molar-refractivity contribution in [3.05, 3.63) is 42.0 Å². The van der Waals surface area contributed by atoms with Gasteiger partial charge in [-0.1, -0.05) is 0 Å². The number of hydrogen-bond donors (Lipinski definition) is 1. The number of furan rings is 1. The Morgan fingerprint density at radius 3 is 2.92 bits per heavy atom. The minimum atomic E-state index is -0.186. The summed E-state index contributed by atoms with van der Waals surface area (Å²) >= 11 is 0. The molecule has 1 fully saturated rings. The van der Waals surface area contributed by atoms with Gasteiger partial charge in [0.25, 0.3) is 0 Å². The molecule has 0 spiro atoms.